The third-order valence-corrected chi connectivity index (χ3v) is 1.87. The number of amides is 2. The van der Waals surface area contributed by atoms with Gasteiger partial charge in [0.15, 0.2) is 11.8 Å². The van der Waals surface area contributed by atoms with Crippen molar-refractivity contribution in [1.29, 1.82) is 0 Å². The van der Waals surface area contributed by atoms with Crippen molar-refractivity contribution in [2.24, 2.45) is 0 Å². The van der Waals surface area contributed by atoms with Crippen molar-refractivity contribution in [3.05, 3.63) is 0 Å². The zero-order valence-corrected chi connectivity index (χ0v) is 8.96. The Balaban J connectivity index is 4.68. The zero-order chi connectivity index (χ0) is 11.3. The second-order valence-electron chi connectivity index (χ2n) is 3.04. The fourth-order valence-electron chi connectivity index (χ4n) is 1.09. The summed E-state index contributed by atoms with van der Waals surface area (Å²) in [7, 11) is 1.43. The van der Waals surface area contributed by atoms with Crippen LogP contribution < -0.4 is 5.32 Å². The van der Waals surface area contributed by atoms with E-state index in [1.54, 1.807) is 6.92 Å². The average Bonchev–Trinajstić information content (AvgIpc) is 2.03. The van der Waals surface area contributed by atoms with Crippen LogP contribution in [0.2, 0.25) is 0 Å². The van der Waals surface area contributed by atoms with Gasteiger partial charge in [-0.25, -0.2) is 0 Å². The molecule has 0 aromatic rings. The van der Waals surface area contributed by atoms with Crippen molar-refractivity contribution in [2.75, 3.05) is 13.6 Å². The Morgan fingerprint density at radius 3 is 2.07 bits per heavy atom. The van der Waals surface area contributed by atoms with Gasteiger partial charge in [0.25, 0.3) is 5.91 Å². The molecule has 0 saturated carbocycles. The van der Waals surface area contributed by atoms with E-state index in [9.17, 15) is 14.4 Å². The summed E-state index contributed by atoms with van der Waals surface area (Å²) in [5.41, 5.74) is 0. The minimum atomic E-state index is -1.01. The number of rotatable bonds is 4. The summed E-state index contributed by atoms with van der Waals surface area (Å²) < 4.78 is 0. The molecule has 5 heteroatoms. The van der Waals surface area contributed by atoms with Gasteiger partial charge in [-0.2, -0.15) is 0 Å². The Hall–Kier alpha value is -1.39. The molecule has 0 aromatic heterocycles. The lowest BCUT2D eigenvalue weighted by molar-refractivity contribution is -0.143. The van der Waals surface area contributed by atoms with Gasteiger partial charge in [0.2, 0.25) is 5.91 Å². The predicted molar refractivity (Wildman–Crippen MR) is 51.6 cm³/mol. The van der Waals surface area contributed by atoms with E-state index in [1.807, 2.05) is 0 Å². The topological polar surface area (TPSA) is 66.5 Å². The second kappa shape index (κ2) is 5.36. The summed E-state index contributed by atoms with van der Waals surface area (Å²) in [5, 5.41) is 2.51. The van der Waals surface area contributed by atoms with Crippen LogP contribution in [0.25, 0.3) is 0 Å². The molecule has 0 rings (SSSR count). The molecular formula is C9H16N2O3. The zero-order valence-electron chi connectivity index (χ0n) is 8.96. The molecule has 0 aliphatic rings. The molecule has 0 heterocycles. The van der Waals surface area contributed by atoms with Gasteiger partial charge < -0.3 is 10.2 Å². The van der Waals surface area contributed by atoms with Gasteiger partial charge in [-0.3, -0.25) is 14.4 Å². The first kappa shape index (κ1) is 12.6. The van der Waals surface area contributed by atoms with Crippen molar-refractivity contribution in [3.8, 4) is 0 Å². The van der Waals surface area contributed by atoms with Crippen LogP contribution in [0.4, 0.5) is 0 Å². The SMILES string of the molecule is CCNC(=O)C(C(C)=O)N(C)C(C)=O. The quantitative estimate of drug-likeness (QED) is 0.625. The molecule has 0 radical (unpaired) electrons. The summed E-state index contributed by atoms with van der Waals surface area (Å²) in [6.45, 7) is 4.80. The van der Waals surface area contributed by atoms with Crippen LogP contribution >= 0.6 is 0 Å². The molecule has 5 nitrogen and oxygen atoms in total. The van der Waals surface area contributed by atoms with E-state index < -0.39 is 11.9 Å². The van der Waals surface area contributed by atoms with E-state index in [1.165, 1.54) is 20.9 Å². The van der Waals surface area contributed by atoms with Crippen LogP contribution in [0.3, 0.4) is 0 Å². The standard InChI is InChI=1S/C9H16N2O3/c1-5-10-9(14)8(6(2)12)11(4)7(3)13/h8H,5H2,1-4H3,(H,10,14). The molecule has 80 valence electrons. The fourth-order valence-corrected chi connectivity index (χ4v) is 1.09. The minimum absolute atomic E-state index is 0.309. The van der Waals surface area contributed by atoms with Crippen LogP contribution in [-0.2, 0) is 14.4 Å². The molecule has 14 heavy (non-hydrogen) atoms. The van der Waals surface area contributed by atoms with Crippen LogP contribution in [0.15, 0.2) is 0 Å². The van der Waals surface area contributed by atoms with Crippen LogP contribution in [0, 0.1) is 0 Å². The molecule has 1 N–H and O–H groups in total. The number of hydrogen-bond donors (Lipinski definition) is 1. The molecule has 0 fully saturated rings. The maximum atomic E-state index is 11.4. The predicted octanol–water partition coefficient (Wildman–Crippen LogP) is -0.442. The molecular weight excluding hydrogens is 184 g/mol. The molecule has 0 spiro atoms. The highest BCUT2D eigenvalue weighted by molar-refractivity contribution is 6.06. The maximum absolute atomic E-state index is 11.4. The number of carbonyl (C=O) groups is 3. The summed E-state index contributed by atoms with van der Waals surface area (Å²) in [6, 6.07) is -1.01. The van der Waals surface area contributed by atoms with Gasteiger partial charge in [-0.15, -0.1) is 0 Å². The molecule has 1 unspecified atom stereocenters. The van der Waals surface area contributed by atoms with Crippen molar-refractivity contribution >= 4 is 17.6 Å². The smallest absolute Gasteiger partial charge is 0.250 e. The van der Waals surface area contributed by atoms with Gasteiger partial charge >= 0.3 is 0 Å². The van der Waals surface area contributed by atoms with Gasteiger partial charge in [0.1, 0.15) is 0 Å². The van der Waals surface area contributed by atoms with Crippen molar-refractivity contribution in [3.63, 3.8) is 0 Å². The van der Waals surface area contributed by atoms with Crippen LogP contribution in [-0.4, -0.2) is 42.1 Å². The van der Waals surface area contributed by atoms with E-state index in [4.69, 9.17) is 0 Å². The summed E-state index contributed by atoms with van der Waals surface area (Å²) >= 11 is 0. The fraction of sp³-hybridized carbons (Fsp3) is 0.667. The second-order valence-corrected chi connectivity index (χ2v) is 3.04. The monoisotopic (exact) mass is 200 g/mol. The van der Waals surface area contributed by atoms with Crippen LogP contribution in [0.5, 0.6) is 0 Å². The Kier molecular flexibility index (Phi) is 4.83. The molecule has 0 aliphatic heterocycles. The molecule has 1 atom stereocenters. The summed E-state index contributed by atoms with van der Waals surface area (Å²) in [6.07, 6.45) is 0. The lowest BCUT2D eigenvalue weighted by atomic mass is 10.1. The number of nitrogens with one attached hydrogen (secondary N) is 1. The van der Waals surface area contributed by atoms with Gasteiger partial charge in [0, 0.05) is 20.5 Å². The first-order valence-corrected chi connectivity index (χ1v) is 4.43. The first-order chi connectivity index (χ1) is 6.41. The van der Waals surface area contributed by atoms with Crippen molar-refractivity contribution in [2.45, 2.75) is 26.8 Å². The lowest BCUT2D eigenvalue weighted by Crippen LogP contribution is -2.50. The van der Waals surface area contributed by atoms with E-state index in [2.05, 4.69) is 5.32 Å². The van der Waals surface area contributed by atoms with E-state index in [-0.39, 0.29) is 11.7 Å². The largest absolute Gasteiger partial charge is 0.354 e. The van der Waals surface area contributed by atoms with Crippen LogP contribution in [0.1, 0.15) is 20.8 Å². The summed E-state index contributed by atoms with van der Waals surface area (Å²) in [5.74, 6) is -1.08. The normalized spacial score (nSPS) is 11.7. The average molecular weight is 200 g/mol. The number of ketones is 1. The molecule has 0 aliphatic carbocycles. The number of likely N-dealkylation sites (N-methyl/N-ethyl adjacent to an activating group) is 2. The Bertz CT molecular complexity index is 250. The Morgan fingerprint density at radius 1 is 1.29 bits per heavy atom. The molecule has 0 aromatic carbocycles. The molecule has 2 amide bonds. The number of carbonyl (C=O) groups excluding carboxylic acids is 3. The minimum Gasteiger partial charge on any atom is -0.354 e. The lowest BCUT2D eigenvalue weighted by Gasteiger charge is -2.23. The van der Waals surface area contributed by atoms with Crippen molar-refractivity contribution < 1.29 is 14.4 Å². The van der Waals surface area contributed by atoms with E-state index in [0.717, 1.165) is 4.90 Å². The number of nitrogens with zero attached hydrogens (tertiary/aromatic N) is 1. The summed E-state index contributed by atoms with van der Waals surface area (Å²) in [4.78, 5) is 34.7. The third kappa shape index (κ3) is 3.16. The number of Topliss-reactive ketones (excluding diaryl/α,β-unsaturated/α-hetero) is 1. The van der Waals surface area contributed by atoms with E-state index in [0.29, 0.717) is 6.54 Å². The van der Waals surface area contributed by atoms with Gasteiger partial charge in [-0.1, -0.05) is 0 Å². The molecule has 0 saturated heterocycles. The van der Waals surface area contributed by atoms with E-state index >= 15 is 0 Å². The highest BCUT2D eigenvalue weighted by atomic mass is 16.2. The first-order valence-electron chi connectivity index (χ1n) is 4.43. The number of hydrogen-bond acceptors (Lipinski definition) is 3. The highest BCUT2D eigenvalue weighted by Crippen LogP contribution is 1.99. The van der Waals surface area contributed by atoms with Gasteiger partial charge in [-0.05, 0) is 13.8 Å². The molecule has 0 bridgehead atoms. The highest BCUT2D eigenvalue weighted by Gasteiger charge is 2.28. The third-order valence-electron chi connectivity index (χ3n) is 1.87. The Labute approximate surface area is 83.5 Å². The van der Waals surface area contributed by atoms with Gasteiger partial charge in [0.05, 0.1) is 0 Å². The Morgan fingerprint density at radius 2 is 1.79 bits per heavy atom. The maximum Gasteiger partial charge on any atom is 0.250 e. The van der Waals surface area contributed by atoms with Crippen molar-refractivity contribution in [1.82, 2.24) is 10.2 Å².